The topological polar surface area (TPSA) is 57.0 Å². The molecule has 0 fully saturated rings. The molecular formula is C11H12ClN3O. The van der Waals surface area contributed by atoms with Gasteiger partial charge in [0.05, 0.1) is 11.1 Å². The Morgan fingerprint density at radius 2 is 2.31 bits per heavy atom. The van der Waals surface area contributed by atoms with Gasteiger partial charge in [-0.3, -0.25) is 4.79 Å². The maximum absolute atomic E-state index is 12.0. The zero-order valence-corrected chi connectivity index (χ0v) is 9.90. The monoisotopic (exact) mass is 237 g/mol. The largest absolute Gasteiger partial charge is 0.322 e. The molecule has 1 aromatic heterocycles. The summed E-state index contributed by atoms with van der Waals surface area (Å²) in [7, 11) is 0. The summed E-state index contributed by atoms with van der Waals surface area (Å²) in [6.45, 7) is 3.76. The maximum Gasteiger partial charge on any atom is 0.273 e. The van der Waals surface area contributed by atoms with Crippen molar-refractivity contribution in [3.05, 3.63) is 29.0 Å². The van der Waals surface area contributed by atoms with E-state index in [-0.39, 0.29) is 18.5 Å². The Balaban J connectivity index is 2.91. The van der Waals surface area contributed by atoms with Gasteiger partial charge in [0.2, 0.25) is 0 Å². The van der Waals surface area contributed by atoms with Crippen molar-refractivity contribution in [1.82, 2.24) is 9.88 Å². The van der Waals surface area contributed by atoms with Crippen molar-refractivity contribution in [2.45, 2.75) is 19.9 Å². The van der Waals surface area contributed by atoms with E-state index in [1.165, 1.54) is 11.1 Å². The molecule has 16 heavy (non-hydrogen) atoms. The van der Waals surface area contributed by atoms with Crippen molar-refractivity contribution in [1.29, 1.82) is 5.26 Å². The average molecular weight is 238 g/mol. The standard InChI is InChI=1S/C11H12ClN3O/c1-8(2)15(6-5-13)11(16)10-4-3-9(12)7-14-10/h3-4,7-8H,6H2,1-2H3. The van der Waals surface area contributed by atoms with E-state index in [2.05, 4.69) is 4.98 Å². The van der Waals surface area contributed by atoms with Crippen molar-refractivity contribution >= 4 is 17.5 Å². The van der Waals surface area contributed by atoms with Crippen molar-refractivity contribution in [2.24, 2.45) is 0 Å². The molecule has 4 nitrogen and oxygen atoms in total. The summed E-state index contributed by atoms with van der Waals surface area (Å²) in [5, 5.41) is 9.12. The van der Waals surface area contributed by atoms with Crippen LogP contribution >= 0.6 is 11.6 Å². The van der Waals surface area contributed by atoms with Crippen LogP contribution in [0.5, 0.6) is 0 Å². The van der Waals surface area contributed by atoms with Gasteiger partial charge in [0, 0.05) is 12.2 Å². The van der Waals surface area contributed by atoms with Gasteiger partial charge in [0.1, 0.15) is 12.2 Å². The summed E-state index contributed by atoms with van der Waals surface area (Å²) >= 11 is 5.68. The van der Waals surface area contributed by atoms with Crippen LogP contribution in [0.1, 0.15) is 24.3 Å². The van der Waals surface area contributed by atoms with E-state index in [0.29, 0.717) is 10.7 Å². The van der Waals surface area contributed by atoms with Crippen LogP contribution in [0, 0.1) is 11.3 Å². The highest BCUT2D eigenvalue weighted by molar-refractivity contribution is 6.30. The normalized spacial score (nSPS) is 9.94. The van der Waals surface area contributed by atoms with E-state index < -0.39 is 0 Å². The first-order chi connectivity index (χ1) is 7.56. The van der Waals surface area contributed by atoms with Crippen LogP contribution in [0.15, 0.2) is 18.3 Å². The molecule has 0 bridgehead atoms. The second-order valence-electron chi connectivity index (χ2n) is 3.55. The molecule has 1 heterocycles. The van der Waals surface area contributed by atoms with Gasteiger partial charge in [0.25, 0.3) is 5.91 Å². The molecule has 84 valence electrons. The zero-order chi connectivity index (χ0) is 12.1. The first-order valence-electron chi connectivity index (χ1n) is 4.85. The number of nitrogens with zero attached hydrogens (tertiary/aromatic N) is 3. The average Bonchev–Trinajstić information content (AvgIpc) is 2.25. The lowest BCUT2D eigenvalue weighted by atomic mass is 10.2. The summed E-state index contributed by atoms with van der Waals surface area (Å²) < 4.78 is 0. The molecule has 5 heteroatoms. The smallest absolute Gasteiger partial charge is 0.273 e. The van der Waals surface area contributed by atoms with Crippen molar-refractivity contribution in [3.63, 3.8) is 0 Å². The summed E-state index contributed by atoms with van der Waals surface area (Å²) in [6.07, 6.45) is 1.42. The molecule has 1 aromatic rings. The van der Waals surface area contributed by atoms with E-state index in [0.717, 1.165) is 0 Å². The number of carbonyl (C=O) groups is 1. The van der Waals surface area contributed by atoms with Crippen LogP contribution in [0.25, 0.3) is 0 Å². The van der Waals surface area contributed by atoms with Crippen LogP contribution < -0.4 is 0 Å². The number of nitriles is 1. The van der Waals surface area contributed by atoms with Crippen LogP contribution in [0.4, 0.5) is 0 Å². The molecule has 0 aromatic carbocycles. The van der Waals surface area contributed by atoms with E-state index in [1.807, 2.05) is 19.9 Å². The highest BCUT2D eigenvalue weighted by atomic mass is 35.5. The Morgan fingerprint density at radius 3 is 2.75 bits per heavy atom. The van der Waals surface area contributed by atoms with Gasteiger partial charge in [-0.1, -0.05) is 11.6 Å². The van der Waals surface area contributed by atoms with E-state index in [4.69, 9.17) is 16.9 Å². The molecule has 0 atom stereocenters. The van der Waals surface area contributed by atoms with Crippen LogP contribution in [-0.2, 0) is 0 Å². The van der Waals surface area contributed by atoms with Crippen molar-refractivity contribution in [3.8, 4) is 6.07 Å². The Kier molecular flexibility index (Phi) is 4.27. The summed E-state index contributed by atoms with van der Waals surface area (Å²) in [4.78, 5) is 17.3. The zero-order valence-electron chi connectivity index (χ0n) is 9.14. The minimum atomic E-state index is -0.256. The third kappa shape index (κ3) is 2.94. The predicted octanol–water partition coefficient (Wildman–Crippen LogP) is 2.11. The van der Waals surface area contributed by atoms with E-state index in [1.54, 1.807) is 12.1 Å². The molecule has 0 N–H and O–H groups in total. The van der Waals surface area contributed by atoms with Gasteiger partial charge in [0.15, 0.2) is 0 Å². The van der Waals surface area contributed by atoms with E-state index in [9.17, 15) is 4.79 Å². The number of aromatic nitrogens is 1. The second-order valence-corrected chi connectivity index (χ2v) is 3.98. The number of rotatable bonds is 3. The fraction of sp³-hybridized carbons (Fsp3) is 0.364. The Labute approximate surface area is 99.5 Å². The molecule has 0 spiro atoms. The molecule has 0 saturated carbocycles. The molecule has 1 amide bonds. The van der Waals surface area contributed by atoms with Crippen LogP contribution in [0.3, 0.4) is 0 Å². The highest BCUT2D eigenvalue weighted by Crippen LogP contribution is 2.09. The number of carbonyl (C=O) groups excluding carboxylic acids is 1. The van der Waals surface area contributed by atoms with Gasteiger partial charge < -0.3 is 4.90 Å². The van der Waals surface area contributed by atoms with Gasteiger partial charge in [-0.25, -0.2) is 4.98 Å². The lowest BCUT2D eigenvalue weighted by Crippen LogP contribution is -2.37. The van der Waals surface area contributed by atoms with Crippen molar-refractivity contribution < 1.29 is 4.79 Å². The SMILES string of the molecule is CC(C)N(CC#N)C(=O)c1ccc(Cl)cn1. The molecule has 0 radical (unpaired) electrons. The lowest BCUT2D eigenvalue weighted by Gasteiger charge is -2.23. The predicted molar refractivity (Wildman–Crippen MR) is 61.0 cm³/mol. The number of hydrogen-bond acceptors (Lipinski definition) is 3. The molecule has 1 rings (SSSR count). The van der Waals surface area contributed by atoms with Gasteiger partial charge >= 0.3 is 0 Å². The molecular weight excluding hydrogens is 226 g/mol. The Morgan fingerprint density at radius 1 is 1.62 bits per heavy atom. The fourth-order valence-corrected chi connectivity index (χ4v) is 1.33. The highest BCUT2D eigenvalue weighted by Gasteiger charge is 2.19. The Hall–Kier alpha value is -1.60. The second kappa shape index (κ2) is 5.47. The quantitative estimate of drug-likeness (QED) is 0.757. The summed E-state index contributed by atoms with van der Waals surface area (Å²) in [5.74, 6) is -0.256. The number of halogens is 1. The molecule has 0 aliphatic carbocycles. The lowest BCUT2D eigenvalue weighted by molar-refractivity contribution is 0.0725. The summed E-state index contributed by atoms with van der Waals surface area (Å²) in [5.41, 5.74) is 0.299. The third-order valence-electron chi connectivity index (χ3n) is 2.07. The van der Waals surface area contributed by atoms with E-state index >= 15 is 0 Å². The van der Waals surface area contributed by atoms with Crippen LogP contribution in [-0.4, -0.2) is 28.4 Å². The molecule has 0 saturated heterocycles. The fourth-order valence-electron chi connectivity index (χ4n) is 1.21. The van der Waals surface area contributed by atoms with Crippen molar-refractivity contribution in [2.75, 3.05) is 6.54 Å². The molecule has 0 unspecified atom stereocenters. The minimum absolute atomic E-state index is 0.0374. The number of amides is 1. The Bertz CT molecular complexity index is 408. The van der Waals surface area contributed by atoms with Gasteiger partial charge in [-0.05, 0) is 26.0 Å². The maximum atomic E-state index is 12.0. The van der Waals surface area contributed by atoms with Crippen LogP contribution in [0.2, 0.25) is 5.02 Å². The molecule has 0 aliphatic heterocycles. The first-order valence-corrected chi connectivity index (χ1v) is 5.23. The van der Waals surface area contributed by atoms with Gasteiger partial charge in [-0.15, -0.1) is 0 Å². The van der Waals surface area contributed by atoms with Gasteiger partial charge in [-0.2, -0.15) is 5.26 Å². The number of pyridine rings is 1. The summed E-state index contributed by atoms with van der Waals surface area (Å²) in [6, 6.07) is 5.08. The third-order valence-corrected chi connectivity index (χ3v) is 2.30. The minimum Gasteiger partial charge on any atom is -0.322 e. The first kappa shape index (κ1) is 12.5. The molecule has 0 aliphatic rings. The number of hydrogen-bond donors (Lipinski definition) is 0.